The number of amides is 4. The molecule has 14 heteroatoms. The lowest BCUT2D eigenvalue weighted by Gasteiger charge is -2.19. The van der Waals surface area contributed by atoms with Gasteiger partial charge in [0.25, 0.3) is 0 Å². The molecular formula is C26H28N8O6. The molecule has 2 unspecified atom stereocenters. The third-order valence-electron chi connectivity index (χ3n) is 4.85. The molecular weight excluding hydrogens is 520 g/mol. The zero-order valence-corrected chi connectivity index (χ0v) is 22.3. The summed E-state index contributed by atoms with van der Waals surface area (Å²) in [7, 11) is 0. The van der Waals surface area contributed by atoms with Gasteiger partial charge in [0.1, 0.15) is 13.2 Å². The number of hydrogen-bond donors (Lipinski definition) is 4. The molecule has 208 valence electrons. The Morgan fingerprint density at radius 3 is 1.18 bits per heavy atom. The average molecular weight is 549 g/mol. The second-order valence-corrected chi connectivity index (χ2v) is 8.89. The van der Waals surface area contributed by atoms with E-state index < -0.39 is 36.5 Å². The molecule has 2 rings (SSSR count). The average Bonchev–Trinajstić information content (AvgIpc) is 2.91. The quantitative estimate of drug-likeness (QED) is 0.312. The van der Waals surface area contributed by atoms with Crippen molar-refractivity contribution in [2.24, 2.45) is 10.2 Å². The van der Waals surface area contributed by atoms with Crippen molar-refractivity contribution in [1.29, 1.82) is 10.5 Å². The van der Waals surface area contributed by atoms with Crippen LogP contribution in [0.1, 0.15) is 27.7 Å². The monoisotopic (exact) mass is 548 g/mol. The maximum atomic E-state index is 12.2. The van der Waals surface area contributed by atoms with Crippen LogP contribution in [0, 0.1) is 22.7 Å². The highest BCUT2D eigenvalue weighted by Crippen LogP contribution is 2.19. The van der Waals surface area contributed by atoms with Gasteiger partial charge in [0.15, 0.2) is 11.1 Å². The van der Waals surface area contributed by atoms with Crippen LogP contribution >= 0.6 is 0 Å². The lowest BCUT2D eigenvalue weighted by Crippen LogP contribution is -2.33. The molecule has 2 atom stereocenters. The van der Waals surface area contributed by atoms with Gasteiger partial charge < -0.3 is 20.1 Å². The predicted octanol–water partition coefficient (Wildman–Crippen LogP) is 4.42. The molecule has 0 aromatic heterocycles. The number of azo groups is 1. The summed E-state index contributed by atoms with van der Waals surface area (Å²) >= 11 is 0. The van der Waals surface area contributed by atoms with Crippen molar-refractivity contribution in [3.8, 4) is 12.1 Å². The van der Waals surface area contributed by atoms with Crippen molar-refractivity contribution in [1.82, 2.24) is 0 Å². The Balaban J connectivity index is 1.90. The molecule has 4 amide bonds. The third kappa shape index (κ3) is 10.5. The topological polar surface area (TPSA) is 207 Å². The Morgan fingerprint density at radius 1 is 0.650 bits per heavy atom. The van der Waals surface area contributed by atoms with Crippen molar-refractivity contribution in [2.45, 2.75) is 38.8 Å². The fourth-order valence-electron chi connectivity index (χ4n) is 2.79. The van der Waals surface area contributed by atoms with E-state index in [-0.39, 0.29) is 11.8 Å². The molecule has 0 bridgehead atoms. The molecule has 0 fully saturated rings. The van der Waals surface area contributed by atoms with Gasteiger partial charge in [-0.1, -0.05) is 0 Å². The van der Waals surface area contributed by atoms with Crippen molar-refractivity contribution in [2.75, 3.05) is 34.5 Å². The summed E-state index contributed by atoms with van der Waals surface area (Å²) in [6.45, 7) is 4.47. The minimum Gasteiger partial charge on any atom is -0.446 e. The van der Waals surface area contributed by atoms with Crippen LogP contribution in [-0.2, 0) is 19.1 Å². The molecule has 2 aromatic rings. The number of nitriles is 2. The Labute approximate surface area is 230 Å². The second kappa shape index (κ2) is 13.9. The SMILES string of the molecule is CC(=O)Nc1ccc(NC(=O)OCC(C)(C#N)N=NC(C)(C#N)COC(=O)Nc2ccc(NC(C)=O)cc2)cc1. The molecule has 0 aliphatic rings. The van der Waals surface area contributed by atoms with Crippen LogP contribution in [0.15, 0.2) is 58.8 Å². The highest BCUT2D eigenvalue weighted by molar-refractivity contribution is 5.90. The number of hydrogen-bond acceptors (Lipinski definition) is 10. The van der Waals surface area contributed by atoms with Gasteiger partial charge in [0.05, 0.1) is 12.1 Å². The molecule has 0 saturated carbocycles. The van der Waals surface area contributed by atoms with Crippen LogP contribution in [0.4, 0.5) is 32.3 Å². The molecule has 14 nitrogen and oxygen atoms in total. The lowest BCUT2D eigenvalue weighted by atomic mass is 10.1. The van der Waals surface area contributed by atoms with Gasteiger partial charge in [-0.2, -0.15) is 20.8 Å². The summed E-state index contributed by atoms with van der Waals surface area (Å²) in [5.74, 6) is -0.474. The maximum absolute atomic E-state index is 12.2. The van der Waals surface area contributed by atoms with Crippen LogP contribution in [0.2, 0.25) is 0 Å². The Morgan fingerprint density at radius 2 is 0.925 bits per heavy atom. The van der Waals surface area contributed by atoms with E-state index in [1.807, 2.05) is 12.1 Å². The molecule has 0 aliphatic carbocycles. The molecule has 0 heterocycles. The molecule has 0 radical (unpaired) electrons. The van der Waals surface area contributed by atoms with Crippen LogP contribution in [0.3, 0.4) is 0 Å². The summed E-state index contributed by atoms with van der Waals surface area (Å²) in [4.78, 5) is 46.5. The van der Waals surface area contributed by atoms with E-state index in [1.54, 1.807) is 48.5 Å². The number of rotatable bonds is 10. The first kappa shape index (κ1) is 30.7. The highest BCUT2D eigenvalue weighted by atomic mass is 16.6. The van der Waals surface area contributed by atoms with E-state index in [0.717, 1.165) is 0 Å². The van der Waals surface area contributed by atoms with Crippen LogP contribution in [-0.4, -0.2) is 48.3 Å². The van der Waals surface area contributed by atoms with E-state index >= 15 is 0 Å². The van der Waals surface area contributed by atoms with Crippen molar-refractivity contribution in [3.63, 3.8) is 0 Å². The number of ether oxygens (including phenoxy) is 2. The number of anilines is 4. The molecule has 0 spiro atoms. The van der Waals surface area contributed by atoms with Crippen LogP contribution < -0.4 is 21.3 Å². The summed E-state index contributed by atoms with van der Waals surface area (Å²) in [5.41, 5.74) is -1.41. The summed E-state index contributed by atoms with van der Waals surface area (Å²) in [6.07, 6.45) is -1.73. The van der Waals surface area contributed by atoms with E-state index in [0.29, 0.717) is 22.7 Å². The van der Waals surface area contributed by atoms with Gasteiger partial charge in [-0.15, -0.1) is 0 Å². The van der Waals surface area contributed by atoms with E-state index in [1.165, 1.54) is 27.7 Å². The van der Waals surface area contributed by atoms with E-state index in [4.69, 9.17) is 9.47 Å². The third-order valence-corrected chi connectivity index (χ3v) is 4.85. The van der Waals surface area contributed by atoms with E-state index in [2.05, 4.69) is 31.5 Å². The van der Waals surface area contributed by atoms with Crippen LogP contribution in [0.5, 0.6) is 0 Å². The standard InChI is InChI=1S/C26H28N8O6/c1-17(35)29-19-5-9-21(10-6-19)31-23(37)39-15-25(3,13-27)33-34-26(4,14-28)16-40-24(38)32-22-11-7-20(8-12-22)30-18(2)36/h5-12H,15-16H2,1-4H3,(H,29,35)(H,30,36)(H,31,37)(H,32,38). The molecule has 4 N–H and O–H groups in total. The first-order valence-corrected chi connectivity index (χ1v) is 11.7. The van der Waals surface area contributed by atoms with Gasteiger partial charge in [-0.25, -0.2) is 9.59 Å². The van der Waals surface area contributed by atoms with Gasteiger partial charge in [-0.05, 0) is 62.4 Å². The Bertz CT molecular complexity index is 1240. The normalized spacial score (nSPS) is 13.3. The van der Waals surface area contributed by atoms with Gasteiger partial charge in [-0.3, -0.25) is 20.2 Å². The van der Waals surface area contributed by atoms with Crippen LogP contribution in [0.25, 0.3) is 0 Å². The number of carbonyl (C=O) groups is 4. The Hall–Kier alpha value is -5.50. The molecule has 2 aromatic carbocycles. The maximum Gasteiger partial charge on any atom is 0.411 e. The van der Waals surface area contributed by atoms with Gasteiger partial charge in [0, 0.05) is 36.6 Å². The van der Waals surface area contributed by atoms with Gasteiger partial charge >= 0.3 is 12.2 Å². The minimum atomic E-state index is -1.64. The minimum absolute atomic E-state index is 0.237. The van der Waals surface area contributed by atoms with Gasteiger partial charge in [0.2, 0.25) is 11.8 Å². The zero-order chi connectivity index (χ0) is 29.8. The lowest BCUT2D eigenvalue weighted by molar-refractivity contribution is -0.115. The number of nitrogens with zero attached hydrogens (tertiary/aromatic N) is 4. The molecule has 0 saturated heterocycles. The first-order chi connectivity index (χ1) is 18.8. The fraction of sp³-hybridized carbons (Fsp3) is 0.308. The number of carbonyl (C=O) groups excluding carboxylic acids is 4. The number of benzene rings is 2. The molecule has 40 heavy (non-hydrogen) atoms. The fourth-order valence-corrected chi connectivity index (χ4v) is 2.79. The Kier molecular flexibility index (Phi) is 10.7. The molecule has 0 aliphatic heterocycles. The zero-order valence-electron chi connectivity index (χ0n) is 22.3. The number of nitrogens with one attached hydrogen (secondary N) is 4. The predicted molar refractivity (Wildman–Crippen MR) is 144 cm³/mol. The summed E-state index contributed by atoms with van der Waals surface area (Å²) in [6, 6.07) is 16.3. The van der Waals surface area contributed by atoms with Crippen molar-refractivity contribution >= 4 is 46.8 Å². The van der Waals surface area contributed by atoms with Crippen molar-refractivity contribution in [3.05, 3.63) is 48.5 Å². The van der Waals surface area contributed by atoms with Crippen molar-refractivity contribution < 1.29 is 28.7 Å². The second-order valence-electron chi connectivity index (χ2n) is 8.89. The first-order valence-electron chi connectivity index (χ1n) is 11.7. The summed E-state index contributed by atoms with van der Waals surface area (Å²) in [5, 5.41) is 37.0. The highest BCUT2D eigenvalue weighted by Gasteiger charge is 2.31. The smallest absolute Gasteiger partial charge is 0.411 e. The summed E-state index contributed by atoms with van der Waals surface area (Å²) < 4.78 is 10.2. The largest absolute Gasteiger partial charge is 0.446 e. The van der Waals surface area contributed by atoms with E-state index in [9.17, 15) is 29.7 Å².